The number of carbonyl (C=O) groups is 1. The van der Waals surface area contributed by atoms with E-state index in [-0.39, 0.29) is 11.5 Å². The lowest BCUT2D eigenvalue weighted by Gasteiger charge is -2.29. The van der Waals surface area contributed by atoms with Crippen LogP contribution >= 0.6 is 0 Å². The summed E-state index contributed by atoms with van der Waals surface area (Å²) in [6, 6.07) is 13.5. The average molecular weight is 497 g/mol. The fourth-order valence-electron chi connectivity index (χ4n) is 5.04. The number of carbonyl (C=O) groups excluding carboxylic acids is 1. The molecule has 0 unspecified atom stereocenters. The number of hydrogen-bond acceptors (Lipinski definition) is 3. The van der Waals surface area contributed by atoms with Gasteiger partial charge in [-0.25, -0.2) is 13.6 Å². The van der Waals surface area contributed by atoms with Gasteiger partial charge in [0.1, 0.15) is 11.6 Å². The Hall–Kier alpha value is -3.28. The van der Waals surface area contributed by atoms with Crippen LogP contribution < -0.4 is 9.47 Å². The SMILES string of the molecule is CCCC1CCC(c2ccc(OC(=O)c3ccc(-c4ccc(OCC)cc4F)cc3)c(F)c2F)CC1. The van der Waals surface area contributed by atoms with Gasteiger partial charge in [0, 0.05) is 11.6 Å². The van der Waals surface area contributed by atoms with Crippen molar-refractivity contribution in [2.45, 2.75) is 58.3 Å². The maximum Gasteiger partial charge on any atom is 0.343 e. The molecule has 0 atom stereocenters. The third-order valence-electron chi connectivity index (χ3n) is 6.95. The van der Waals surface area contributed by atoms with Crippen molar-refractivity contribution in [3.63, 3.8) is 0 Å². The quantitative estimate of drug-likeness (QED) is 0.232. The summed E-state index contributed by atoms with van der Waals surface area (Å²) in [6.07, 6.45) is 6.02. The van der Waals surface area contributed by atoms with E-state index in [1.165, 1.54) is 36.8 Å². The summed E-state index contributed by atoms with van der Waals surface area (Å²) in [5.74, 6) is -2.73. The molecule has 0 spiro atoms. The Labute approximate surface area is 210 Å². The third kappa shape index (κ3) is 5.75. The summed E-state index contributed by atoms with van der Waals surface area (Å²) < 4.78 is 54.6. The van der Waals surface area contributed by atoms with Crippen molar-refractivity contribution in [1.82, 2.24) is 0 Å². The van der Waals surface area contributed by atoms with Crippen LogP contribution in [0.2, 0.25) is 0 Å². The minimum atomic E-state index is -1.15. The molecule has 0 amide bonds. The molecule has 0 aliphatic heterocycles. The van der Waals surface area contributed by atoms with Gasteiger partial charge in [-0.3, -0.25) is 0 Å². The summed E-state index contributed by atoms with van der Waals surface area (Å²) >= 11 is 0. The second kappa shape index (κ2) is 11.6. The molecule has 1 fully saturated rings. The van der Waals surface area contributed by atoms with Gasteiger partial charge in [-0.05, 0) is 85.9 Å². The van der Waals surface area contributed by atoms with Crippen LogP contribution in [-0.2, 0) is 0 Å². The first-order valence-electron chi connectivity index (χ1n) is 12.6. The highest BCUT2D eigenvalue weighted by molar-refractivity contribution is 5.91. The van der Waals surface area contributed by atoms with Crippen LogP contribution in [0.3, 0.4) is 0 Å². The van der Waals surface area contributed by atoms with Crippen molar-refractivity contribution in [2.24, 2.45) is 5.92 Å². The van der Waals surface area contributed by atoms with Gasteiger partial charge in [0.25, 0.3) is 0 Å². The number of esters is 1. The van der Waals surface area contributed by atoms with E-state index in [1.54, 1.807) is 24.3 Å². The third-order valence-corrected chi connectivity index (χ3v) is 6.95. The monoisotopic (exact) mass is 496 g/mol. The predicted octanol–water partition coefficient (Wildman–Crippen LogP) is 8.46. The molecule has 6 heteroatoms. The molecule has 0 saturated heterocycles. The zero-order chi connectivity index (χ0) is 25.7. The van der Waals surface area contributed by atoms with Crippen LogP contribution in [0, 0.1) is 23.4 Å². The highest BCUT2D eigenvalue weighted by Gasteiger charge is 2.27. The highest BCUT2D eigenvalue weighted by atomic mass is 19.2. The Bertz CT molecular complexity index is 1200. The van der Waals surface area contributed by atoms with E-state index in [9.17, 15) is 18.0 Å². The van der Waals surface area contributed by atoms with Gasteiger partial charge in [0.05, 0.1) is 12.2 Å². The van der Waals surface area contributed by atoms with Crippen molar-refractivity contribution < 1.29 is 27.4 Å². The van der Waals surface area contributed by atoms with Crippen LogP contribution in [0.15, 0.2) is 54.6 Å². The molecule has 1 aliphatic carbocycles. The molecule has 0 aromatic heterocycles. The van der Waals surface area contributed by atoms with E-state index in [4.69, 9.17) is 9.47 Å². The van der Waals surface area contributed by atoms with Gasteiger partial charge in [0.2, 0.25) is 5.82 Å². The minimum absolute atomic E-state index is 0.0205. The van der Waals surface area contributed by atoms with Crippen LogP contribution in [0.1, 0.15) is 74.2 Å². The van der Waals surface area contributed by atoms with E-state index in [0.29, 0.717) is 35.0 Å². The zero-order valence-corrected chi connectivity index (χ0v) is 20.7. The molecule has 3 aromatic carbocycles. The van der Waals surface area contributed by atoms with Crippen LogP contribution in [0.5, 0.6) is 11.5 Å². The Morgan fingerprint density at radius 2 is 1.61 bits per heavy atom. The number of rotatable bonds is 8. The van der Waals surface area contributed by atoms with E-state index in [2.05, 4.69) is 6.92 Å². The van der Waals surface area contributed by atoms with Gasteiger partial charge in [-0.1, -0.05) is 38.0 Å². The van der Waals surface area contributed by atoms with E-state index < -0.39 is 29.2 Å². The minimum Gasteiger partial charge on any atom is -0.494 e. The van der Waals surface area contributed by atoms with E-state index in [0.717, 1.165) is 32.1 Å². The lowest BCUT2D eigenvalue weighted by molar-refractivity contribution is 0.0726. The van der Waals surface area contributed by atoms with Gasteiger partial charge in [-0.15, -0.1) is 0 Å². The fraction of sp³-hybridized carbons (Fsp3) is 0.367. The smallest absolute Gasteiger partial charge is 0.343 e. The van der Waals surface area contributed by atoms with Crippen molar-refractivity contribution in [1.29, 1.82) is 0 Å². The maximum atomic E-state index is 14.9. The largest absolute Gasteiger partial charge is 0.494 e. The second-order valence-corrected chi connectivity index (χ2v) is 9.33. The Kier molecular flexibility index (Phi) is 8.34. The standard InChI is InChI=1S/C30H31F3O3/c1-3-5-19-6-8-21(9-7-19)25-16-17-27(29(33)28(25)32)36-30(34)22-12-10-20(11-13-22)24-15-14-23(35-4-2)18-26(24)31/h10-19,21H,3-9H2,1-2H3. The molecule has 0 heterocycles. The average Bonchev–Trinajstić information content (AvgIpc) is 2.88. The first-order chi connectivity index (χ1) is 17.4. The molecule has 0 N–H and O–H groups in total. The Morgan fingerprint density at radius 3 is 2.25 bits per heavy atom. The fourth-order valence-corrected chi connectivity index (χ4v) is 5.04. The topological polar surface area (TPSA) is 35.5 Å². The van der Waals surface area contributed by atoms with Crippen molar-refractivity contribution >= 4 is 5.97 Å². The molecule has 1 saturated carbocycles. The van der Waals surface area contributed by atoms with Crippen LogP contribution in [0.4, 0.5) is 13.2 Å². The molecule has 36 heavy (non-hydrogen) atoms. The summed E-state index contributed by atoms with van der Waals surface area (Å²) in [6.45, 7) is 4.41. The second-order valence-electron chi connectivity index (χ2n) is 9.33. The van der Waals surface area contributed by atoms with Crippen LogP contribution in [-0.4, -0.2) is 12.6 Å². The van der Waals surface area contributed by atoms with Crippen molar-refractivity contribution in [2.75, 3.05) is 6.61 Å². The normalized spacial score (nSPS) is 17.6. The lowest BCUT2D eigenvalue weighted by Crippen LogP contribution is -2.15. The van der Waals surface area contributed by atoms with Crippen LogP contribution in [0.25, 0.3) is 11.1 Å². The molecule has 0 bridgehead atoms. The van der Waals surface area contributed by atoms with E-state index >= 15 is 0 Å². The summed E-state index contributed by atoms with van der Waals surface area (Å²) in [5, 5.41) is 0. The highest BCUT2D eigenvalue weighted by Crippen LogP contribution is 2.40. The first-order valence-corrected chi connectivity index (χ1v) is 12.6. The van der Waals surface area contributed by atoms with Gasteiger partial charge in [-0.2, -0.15) is 4.39 Å². The lowest BCUT2D eigenvalue weighted by atomic mass is 9.77. The van der Waals surface area contributed by atoms with Crippen molar-refractivity contribution in [3.05, 3.63) is 83.2 Å². The number of hydrogen-bond donors (Lipinski definition) is 0. The van der Waals surface area contributed by atoms with E-state index in [1.807, 2.05) is 6.92 Å². The summed E-state index contributed by atoms with van der Waals surface area (Å²) in [5.41, 5.74) is 1.40. The number of halogens is 3. The number of benzene rings is 3. The maximum absolute atomic E-state index is 14.9. The Balaban J connectivity index is 1.44. The van der Waals surface area contributed by atoms with Gasteiger partial charge in [0.15, 0.2) is 11.6 Å². The first kappa shape index (κ1) is 25.8. The van der Waals surface area contributed by atoms with Crippen molar-refractivity contribution in [3.8, 4) is 22.6 Å². The van der Waals surface area contributed by atoms with Gasteiger partial charge >= 0.3 is 5.97 Å². The number of ether oxygens (including phenoxy) is 2. The summed E-state index contributed by atoms with van der Waals surface area (Å²) in [4.78, 5) is 12.6. The van der Waals surface area contributed by atoms with Gasteiger partial charge < -0.3 is 9.47 Å². The summed E-state index contributed by atoms with van der Waals surface area (Å²) in [7, 11) is 0. The Morgan fingerprint density at radius 1 is 0.889 bits per heavy atom. The molecule has 3 aromatic rings. The predicted molar refractivity (Wildman–Crippen MR) is 134 cm³/mol. The molecule has 190 valence electrons. The zero-order valence-electron chi connectivity index (χ0n) is 20.7. The molecule has 3 nitrogen and oxygen atoms in total. The molecular weight excluding hydrogens is 465 g/mol. The molecule has 0 radical (unpaired) electrons. The molecule has 4 rings (SSSR count). The molecule has 1 aliphatic rings. The molecular formula is C30H31F3O3.